The minimum absolute atomic E-state index is 0.00850. The largest absolute Gasteiger partial charge is 0.481 e. The van der Waals surface area contributed by atoms with Gasteiger partial charge in [0.15, 0.2) is 0 Å². The van der Waals surface area contributed by atoms with Gasteiger partial charge in [-0.15, -0.1) is 0 Å². The van der Waals surface area contributed by atoms with E-state index >= 15 is 0 Å². The van der Waals surface area contributed by atoms with Crippen LogP contribution in [-0.2, 0) is 14.3 Å². The van der Waals surface area contributed by atoms with Gasteiger partial charge in [-0.05, 0) is 40.5 Å². The van der Waals surface area contributed by atoms with Crippen molar-refractivity contribution in [2.75, 3.05) is 13.2 Å². The lowest BCUT2D eigenvalue weighted by Gasteiger charge is -2.22. The number of carboxylic acid groups (broad SMARTS) is 1. The van der Waals surface area contributed by atoms with Crippen molar-refractivity contribution < 1.29 is 24.2 Å². The normalized spacial score (nSPS) is 14.1. The maximum Gasteiger partial charge on any atom is 0.407 e. The number of benzene rings is 2. The first-order valence-electron chi connectivity index (χ1n) is 11.9. The third-order valence-electron chi connectivity index (χ3n) is 6.26. The molecular weight excluding hydrogens is 432 g/mol. The van der Waals surface area contributed by atoms with Gasteiger partial charge in [0.2, 0.25) is 5.91 Å². The highest BCUT2D eigenvalue weighted by atomic mass is 16.5. The average Bonchev–Trinajstić information content (AvgIpc) is 3.13. The van der Waals surface area contributed by atoms with E-state index in [-0.39, 0.29) is 43.2 Å². The number of alkyl carbamates (subject to hydrolysis) is 1. The molecule has 0 bridgehead atoms. The second-order valence-electron chi connectivity index (χ2n) is 9.27. The van der Waals surface area contributed by atoms with Crippen molar-refractivity contribution in [2.45, 2.75) is 52.0 Å². The summed E-state index contributed by atoms with van der Waals surface area (Å²) in [6.07, 6.45) is 0.443. The van der Waals surface area contributed by atoms with Crippen LogP contribution in [0.25, 0.3) is 11.1 Å². The molecule has 0 saturated heterocycles. The molecule has 1 aliphatic rings. The minimum atomic E-state index is -0.892. The number of amides is 2. The summed E-state index contributed by atoms with van der Waals surface area (Å²) >= 11 is 0. The number of nitrogens with one attached hydrogen (secondary N) is 2. The summed E-state index contributed by atoms with van der Waals surface area (Å²) in [6.45, 7) is 6.26. The molecule has 3 N–H and O–H groups in total. The Bertz CT molecular complexity index is 974. The van der Waals surface area contributed by atoms with E-state index in [1.54, 1.807) is 0 Å². The van der Waals surface area contributed by atoms with Gasteiger partial charge in [0, 0.05) is 18.9 Å². The molecule has 0 fully saturated rings. The molecule has 2 aromatic carbocycles. The van der Waals surface area contributed by atoms with Crippen LogP contribution in [0.3, 0.4) is 0 Å². The highest BCUT2D eigenvalue weighted by Gasteiger charge is 2.30. The fourth-order valence-corrected chi connectivity index (χ4v) is 4.46. The number of fused-ring (bicyclic) bond motifs is 3. The van der Waals surface area contributed by atoms with Gasteiger partial charge in [-0.1, -0.05) is 75.7 Å². The van der Waals surface area contributed by atoms with Crippen molar-refractivity contribution in [3.8, 4) is 11.1 Å². The van der Waals surface area contributed by atoms with E-state index in [2.05, 4.69) is 34.9 Å². The first kappa shape index (κ1) is 25.3. The highest BCUT2D eigenvalue weighted by Crippen LogP contribution is 2.44. The Kier molecular flexibility index (Phi) is 8.68. The van der Waals surface area contributed by atoms with Crippen molar-refractivity contribution in [2.24, 2.45) is 11.8 Å². The maximum atomic E-state index is 12.8. The van der Waals surface area contributed by atoms with Gasteiger partial charge in [0.05, 0.1) is 0 Å². The van der Waals surface area contributed by atoms with Gasteiger partial charge in [-0.3, -0.25) is 9.59 Å². The Hall–Kier alpha value is -3.35. The Balaban J connectivity index is 1.61. The molecule has 1 aliphatic carbocycles. The second-order valence-corrected chi connectivity index (χ2v) is 9.27. The molecule has 3 rings (SSSR count). The molecule has 1 unspecified atom stereocenters. The SMILES string of the molecule is CCC(CNC(=O)[C@@H](CC(C)C)NC(=O)OCC1c2ccccc2-c2ccccc21)CC(=O)O. The molecule has 7 nitrogen and oxygen atoms in total. The second kappa shape index (κ2) is 11.7. The summed E-state index contributed by atoms with van der Waals surface area (Å²) in [5.41, 5.74) is 4.54. The molecule has 2 aromatic rings. The van der Waals surface area contributed by atoms with E-state index in [1.807, 2.05) is 45.0 Å². The molecule has 2 amide bonds. The fraction of sp³-hybridized carbons (Fsp3) is 0.444. The van der Waals surface area contributed by atoms with Crippen LogP contribution >= 0.6 is 0 Å². The van der Waals surface area contributed by atoms with Crippen molar-refractivity contribution in [1.82, 2.24) is 10.6 Å². The topological polar surface area (TPSA) is 105 Å². The van der Waals surface area contributed by atoms with Crippen molar-refractivity contribution in [3.05, 3.63) is 59.7 Å². The summed E-state index contributed by atoms with van der Waals surface area (Å²) in [5.74, 6) is -1.26. The Morgan fingerprint density at radius 1 is 1.00 bits per heavy atom. The lowest BCUT2D eigenvalue weighted by molar-refractivity contribution is -0.138. The van der Waals surface area contributed by atoms with Crippen LogP contribution in [0, 0.1) is 11.8 Å². The summed E-state index contributed by atoms with van der Waals surface area (Å²) in [4.78, 5) is 36.4. The van der Waals surface area contributed by atoms with Crippen molar-refractivity contribution in [1.29, 1.82) is 0 Å². The average molecular weight is 467 g/mol. The van der Waals surface area contributed by atoms with E-state index in [0.717, 1.165) is 22.3 Å². The van der Waals surface area contributed by atoms with Crippen LogP contribution < -0.4 is 10.6 Å². The predicted molar refractivity (Wildman–Crippen MR) is 130 cm³/mol. The minimum Gasteiger partial charge on any atom is -0.481 e. The third kappa shape index (κ3) is 6.37. The molecule has 0 spiro atoms. The van der Waals surface area contributed by atoms with Crippen LogP contribution in [-0.4, -0.2) is 42.3 Å². The molecule has 7 heteroatoms. The summed E-state index contributed by atoms with van der Waals surface area (Å²) in [5, 5.41) is 14.5. The number of carbonyl (C=O) groups excluding carboxylic acids is 2. The van der Waals surface area contributed by atoms with E-state index < -0.39 is 18.1 Å². The number of carbonyl (C=O) groups is 3. The predicted octanol–water partition coefficient (Wildman–Crippen LogP) is 4.56. The van der Waals surface area contributed by atoms with Gasteiger partial charge in [-0.2, -0.15) is 0 Å². The fourth-order valence-electron chi connectivity index (χ4n) is 4.46. The van der Waals surface area contributed by atoms with Crippen molar-refractivity contribution in [3.63, 3.8) is 0 Å². The smallest absolute Gasteiger partial charge is 0.407 e. The van der Waals surface area contributed by atoms with E-state index in [4.69, 9.17) is 9.84 Å². The first-order valence-corrected chi connectivity index (χ1v) is 11.9. The van der Waals surface area contributed by atoms with Crippen LogP contribution in [0.1, 0.15) is 57.1 Å². The number of aliphatic carboxylic acids is 1. The monoisotopic (exact) mass is 466 g/mol. The molecule has 0 aliphatic heterocycles. The number of ether oxygens (including phenoxy) is 1. The maximum absolute atomic E-state index is 12.8. The number of rotatable bonds is 11. The van der Waals surface area contributed by atoms with E-state index in [9.17, 15) is 14.4 Å². The standard InChI is InChI=1S/C27H34N2O5/c1-4-18(14-25(30)31)15-28-26(32)24(13-17(2)3)29-27(33)34-16-23-21-11-7-5-9-19(21)20-10-6-8-12-22(20)23/h5-12,17-18,23-24H,4,13-16H2,1-3H3,(H,28,32)(H,29,33)(H,30,31)/t18?,24-/m1/s1. The zero-order valence-corrected chi connectivity index (χ0v) is 20.0. The number of hydrogen-bond donors (Lipinski definition) is 3. The summed E-state index contributed by atoms with van der Waals surface area (Å²) in [6, 6.07) is 15.5. The van der Waals surface area contributed by atoms with Crippen LogP contribution in [0.2, 0.25) is 0 Å². The van der Waals surface area contributed by atoms with Gasteiger partial charge in [0.1, 0.15) is 12.6 Å². The van der Waals surface area contributed by atoms with E-state index in [0.29, 0.717) is 12.8 Å². The molecule has 0 heterocycles. The zero-order valence-electron chi connectivity index (χ0n) is 20.0. The number of carboxylic acids is 1. The molecule has 0 radical (unpaired) electrons. The van der Waals surface area contributed by atoms with Gasteiger partial charge in [-0.25, -0.2) is 4.79 Å². The highest BCUT2D eigenvalue weighted by molar-refractivity contribution is 5.85. The molecule has 34 heavy (non-hydrogen) atoms. The zero-order chi connectivity index (χ0) is 24.7. The quantitative estimate of drug-likeness (QED) is 0.450. The van der Waals surface area contributed by atoms with Crippen LogP contribution in [0.4, 0.5) is 4.79 Å². The van der Waals surface area contributed by atoms with Crippen molar-refractivity contribution >= 4 is 18.0 Å². The Morgan fingerprint density at radius 2 is 1.59 bits per heavy atom. The first-order chi connectivity index (χ1) is 16.3. The van der Waals surface area contributed by atoms with Crippen LogP contribution in [0.5, 0.6) is 0 Å². The lowest BCUT2D eigenvalue weighted by atomic mass is 9.98. The lowest BCUT2D eigenvalue weighted by Crippen LogP contribution is -2.48. The molecule has 2 atom stereocenters. The van der Waals surface area contributed by atoms with Gasteiger partial charge in [0.25, 0.3) is 0 Å². The Morgan fingerprint density at radius 3 is 2.12 bits per heavy atom. The van der Waals surface area contributed by atoms with E-state index in [1.165, 1.54) is 0 Å². The number of hydrogen-bond acceptors (Lipinski definition) is 4. The molecule has 182 valence electrons. The Labute approximate surface area is 200 Å². The van der Waals surface area contributed by atoms with Gasteiger partial charge >= 0.3 is 12.1 Å². The summed E-state index contributed by atoms with van der Waals surface area (Å²) < 4.78 is 5.59. The molecule has 0 aromatic heterocycles. The molecule has 0 saturated carbocycles. The summed E-state index contributed by atoms with van der Waals surface area (Å²) in [7, 11) is 0. The van der Waals surface area contributed by atoms with Crippen LogP contribution in [0.15, 0.2) is 48.5 Å². The third-order valence-corrected chi connectivity index (χ3v) is 6.26. The molecular formula is C27H34N2O5. The van der Waals surface area contributed by atoms with Gasteiger partial charge < -0.3 is 20.5 Å².